The Kier molecular flexibility index (Phi) is 4.46. The van der Waals surface area contributed by atoms with E-state index in [0.29, 0.717) is 5.82 Å². The van der Waals surface area contributed by atoms with Gasteiger partial charge < -0.3 is 10.3 Å². The number of H-pyrrole nitrogens is 1. The summed E-state index contributed by atoms with van der Waals surface area (Å²) in [6.45, 7) is 2.93. The van der Waals surface area contributed by atoms with E-state index >= 15 is 0 Å². The summed E-state index contributed by atoms with van der Waals surface area (Å²) in [6.07, 6.45) is 4.73. The topological polar surface area (TPSA) is 57.8 Å². The molecule has 5 heteroatoms. The number of nitrogens with one attached hydrogen (secondary N) is 2. The van der Waals surface area contributed by atoms with Gasteiger partial charge in [0.25, 0.3) is 5.56 Å². The lowest BCUT2D eigenvalue weighted by Gasteiger charge is -2.04. The molecule has 0 aromatic carbocycles. The Morgan fingerprint density at radius 1 is 1.57 bits per heavy atom. The maximum absolute atomic E-state index is 11.1. The normalized spacial score (nSPS) is 10.1. The number of anilines is 1. The highest BCUT2D eigenvalue weighted by Crippen LogP contribution is 2.11. The largest absolute Gasteiger partial charge is 0.369 e. The van der Waals surface area contributed by atoms with Crippen molar-refractivity contribution in [2.45, 2.75) is 26.2 Å². The first-order valence-electron chi connectivity index (χ1n) is 4.72. The number of rotatable bonds is 5. The molecule has 0 amide bonds. The molecule has 0 aliphatic carbocycles. The van der Waals surface area contributed by atoms with Crippen molar-refractivity contribution in [2.75, 3.05) is 11.9 Å². The number of aromatic amines is 1. The van der Waals surface area contributed by atoms with Gasteiger partial charge in [-0.15, -0.1) is 0 Å². The predicted octanol–water partition coefficient (Wildman–Crippen LogP) is 2.03. The van der Waals surface area contributed by atoms with E-state index in [9.17, 15) is 4.79 Å². The first kappa shape index (κ1) is 11.0. The zero-order valence-electron chi connectivity index (χ0n) is 8.14. The van der Waals surface area contributed by atoms with Crippen LogP contribution in [0.15, 0.2) is 11.1 Å². The second-order valence-electron chi connectivity index (χ2n) is 3.03. The minimum atomic E-state index is -0.306. The Hall–Kier alpha value is -1.03. The molecule has 78 valence electrons. The summed E-state index contributed by atoms with van der Waals surface area (Å²) in [5, 5.41) is 3.15. The molecule has 0 aliphatic heterocycles. The van der Waals surface area contributed by atoms with Crippen molar-refractivity contribution in [3.05, 3.63) is 21.7 Å². The quantitative estimate of drug-likeness (QED) is 0.739. The summed E-state index contributed by atoms with van der Waals surface area (Å²) in [6, 6.07) is 0. The highest BCUT2D eigenvalue weighted by molar-refractivity contribution is 6.32. The fraction of sp³-hybridized carbons (Fsp3) is 0.556. The molecule has 0 aliphatic rings. The molecule has 1 rings (SSSR count). The minimum Gasteiger partial charge on any atom is -0.369 e. The third kappa shape index (κ3) is 3.03. The predicted molar refractivity (Wildman–Crippen MR) is 57.9 cm³/mol. The van der Waals surface area contributed by atoms with Gasteiger partial charge in [0.05, 0.1) is 6.33 Å². The summed E-state index contributed by atoms with van der Waals surface area (Å²) in [5.41, 5.74) is -0.306. The van der Waals surface area contributed by atoms with Gasteiger partial charge in [-0.2, -0.15) is 0 Å². The first-order chi connectivity index (χ1) is 6.75. The molecule has 0 atom stereocenters. The van der Waals surface area contributed by atoms with Crippen LogP contribution in [0, 0.1) is 0 Å². The van der Waals surface area contributed by atoms with Crippen molar-refractivity contribution in [1.29, 1.82) is 0 Å². The van der Waals surface area contributed by atoms with Crippen molar-refractivity contribution in [2.24, 2.45) is 0 Å². The SMILES string of the molecule is CCCCCNc1nc[nH]c(=O)c1Cl. The Morgan fingerprint density at radius 2 is 2.36 bits per heavy atom. The second kappa shape index (κ2) is 5.65. The van der Waals surface area contributed by atoms with Gasteiger partial charge in [-0.3, -0.25) is 4.79 Å². The van der Waals surface area contributed by atoms with E-state index in [2.05, 4.69) is 22.2 Å². The molecule has 1 aromatic rings. The van der Waals surface area contributed by atoms with Gasteiger partial charge in [-0.25, -0.2) is 4.98 Å². The fourth-order valence-electron chi connectivity index (χ4n) is 1.09. The fourth-order valence-corrected chi connectivity index (χ4v) is 1.26. The third-order valence-corrected chi connectivity index (χ3v) is 2.22. The van der Waals surface area contributed by atoms with Crippen molar-refractivity contribution < 1.29 is 0 Å². The van der Waals surface area contributed by atoms with Gasteiger partial charge in [0.15, 0.2) is 5.82 Å². The molecule has 14 heavy (non-hydrogen) atoms. The van der Waals surface area contributed by atoms with Gasteiger partial charge in [-0.05, 0) is 6.42 Å². The van der Waals surface area contributed by atoms with Crippen LogP contribution in [0.4, 0.5) is 5.82 Å². The second-order valence-corrected chi connectivity index (χ2v) is 3.41. The molecule has 0 saturated heterocycles. The molecule has 0 fully saturated rings. The number of aromatic nitrogens is 2. The van der Waals surface area contributed by atoms with Gasteiger partial charge >= 0.3 is 0 Å². The minimum absolute atomic E-state index is 0.129. The smallest absolute Gasteiger partial charge is 0.271 e. The van der Waals surface area contributed by atoms with Crippen molar-refractivity contribution in [3.8, 4) is 0 Å². The molecule has 0 bridgehead atoms. The van der Waals surface area contributed by atoms with Gasteiger partial charge in [0, 0.05) is 6.54 Å². The van der Waals surface area contributed by atoms with Crippen LogP contribution in [0.3, 0.4) is 0 Å². The van der Waals surface area contributed by atoms with Crippen LogP contribution in [0.1, 0.15) is 26.2 Å². The van der Waals surface area contributed by atoms with Crippen LogP contribution < -0.4 is 10.9 Å². The molecule has 0 saturated carbocycles. The van der Waals surface area contributed by atoms with Crippen LogP contribution in [-0.2, 0) is 0 Å². The molecule has 1 aromatic heterocycles. The van der Waals surface area contributed by atoms with Crippen LogP contribution in [0.5, 0.6) is 0 Å². The number of unbranched alkanes of at least 4 members (excludes halogenated alkanes) is 2. The van der Waals surface area contributed by atoms with Gasteiger partial charge in [0.2, 0.25) is 0 Å². The van der Waals surface area contributed by atoms with Gasteiger partial charge in [0.1, 0.15) is 5.02 Å². The van der Waals surface area contributed by atoms with E-state index in [0.717, 1.165) is 25.8 Å². The molecule has 0 spiro atoms. The first-order valence-corrected chi connectivity index (χ1v) is 5.10. The lowest BCUT2D eigenvalue weighted by molar-refractivity contribution is 0.742. The standard InChI is InChI=1S/C9H14ClN3O/c1-2-3-4-5-11-8-7(10)9(14)13-6-12-8/h6H,2-5H2,1H3,(H2,11,12,13,14). The summed E-state index contributed by atoms with van der Waals surface area (Å²) < 4.78 is 0. The summed E-state index contributed by atoms with van der Waals surface area (Å²) in [5.74, 6) is 0.464. The number of nitrogens with zero attached hydrogens (tertiary/aromatic N) is 1. The lowest BCUT2D eigenvalue weighted by Crippen LogP contribution is -2.12. The average molecular weight is 216 g/mol. The van der Waals surface area contributed by atoms with E-state index in [1.54, 1.807) is 0 Å². The summed E-state index contributed by atoms with van der Waals surface area (Å²) in [4.78, 5) is 17.4. The monoisotopic (exact) mass is 215 g/mol. The average Bonchev–Trinajstić information content (AvgIpc) is 2.19. The number of halogens is 1. The lowest BCUT2D eigenvalue weighted by atomic mass is 10.2. The van der Waals surface area contributed by atoms with Crippen LogP contribution in [0.2, 0.25) is 5.02 Å². The zero-order valence-corrected chi connectivity index (χ0v) is 8.90. The third-order valence-electron chi connectivity index (χ3n) is 1.87. The summed E-state index contributed by atoms with van der Waals surface area (Å²) >= 11 is 5.74. The van der Waals surface area contributed by atoms with Crippen LogP contribution >= 0.6 is 11.6 Å². The van der Waals surface area contributed by atoms with E-state index in [1.165, 1.54) is 6.33 Å². The van der Waals surface area contributed by atoms with E-state index < -0.39 is 0 Å². The van der Waals surface area contributed by atoms with Crippen LogP contribution in [-0.4, -0.2) is 16.5 Å². The highest BCUT2D eigenvalue weighted by Gasteiger charge is 2.03. The molecular formula is C9H14ClN3O. The van der Waals surface area contributed by atoms with E-state index in [4.69, 9.17) is 11.6 Å². The Labute approximate surface area is 87.7 Å². The van der Waals surface area contributed by atoms with Crippen molar-refractivity contribution >= 4 is 17.4 Å². The maximum atomic E-state index is 11.1. The number of hydrogen-bond donors (Lipinski definition) is 2. The van der Waals surface area contributed by atoms with Crippen molar-refractivity contribution in [1.82, 2.24) is 9.97 Å². The molecule has 1 heterocycles. The molecular weight excluding hydrogens is 202 g/mol. The van der Waals surface area contributed by atoms with Crippen molar-refractivity contribution in [3.63, 3.8) is 0 Å². The van der Waals surface area contributed by atoms with Gasteiger partial charge in [-0.1, -0.05) is 31.4 Å². The molecule has 2 N–H and O–H groups in total. The highest BCUT2D eigenvalue weighted by atomic mass is 35.5. The number of hydrogen-bond acceptors (Lipinski definition) is 3. The molecule has 0 radical (unpaired) electrons. The zero-order chi connectivity index (χ0) is 10.4. The molecule has 4 nitrogen and oxygen atoms in total. The van der Waals surface area contributed by atoms with E-state index in [-0.39, 0.29) is 10.6 Å². The Morgan fingerprint density at radius 3 is 3.07 bits per heavy atom. The maximum Gasteiger partial charge on any atom is 0.271 e. The summed E-state index contributed by atoms with van der Waals surface area (Å²) in [7, 11) is 0. The van der Waals surface area contributed by atoms with Crippen LogP contribution in [0.25, 0.3) is 0 Å². The molecule has 0 unspecified atom stereocenters. The van der Waals surface area contributed by atoms with E-state index in [1.807, 2.05) is 0 Å². The Bertz CT molecular complexity index is 337. The Balaban J connectivity index is 2.51.